The summed E-state index contributed by atoms with van der Waals surface area (Å²) in [5.41, 5.74) is 1.87. The Morgan fingerprint density at radius 1 is 1.38 bits per heavy atom. The fraction of sp³-hybridized carbons (Fsp3) is 0.467. The normalized spacial score (nSPS) is 19.0. The fourth-order valence-corrected chi connectivity index (χ4v) is 3.53. The van der Waals surface area contributed by atoms with Crippen LogP contribution in [0.25, 0.3) is 11.5 Å². The summed E-state index contributed by atoms with van der Waals surface area (Å²) in [6, 6.07) is -0.0304. The minimum absolute atomic E-state index is 0.0304. The highest BCUT2D eigenvalue weighted by atomic mass is 32.1. The summed E-state index contributed by atoms with van der Waals surface area (Å²) >= 11 is 1.68. The number of aryl methyl sites for hydroxylation is 2. The Kier molecular flexibility index (Phi) is 4.13. The highest BCUT2D eigenvalue weighted by molar-refractivity contribution is 7.09. The van der Waals surface area contributed by atoms with Gasteiger partial charge in [0, 0.05) is 30.9 Å². The van der Waals surface area contributed by atoms with Crippen molar-refractivity contribution in [1.82, 2.24) is 29.8 Å². The lowest BCUT2D eigenvalue weighted by Gasteiger charge is -2.32. The van der Waals surface area contributed by atoms with E-state index in [-0.39, 0.29) is 6.04 Å². The highest BCUT2D eigenvalue weighted by Gasteiger charge is 2.29. The highest BCUT2D eigenvalue weighted by Crippen LogP contribution is 2.27. The van der Waals surface area contributed by atoms with Crippen LogP contribution in [-0.2, 0) is 18.3 Å². The van der Waals surface area contributed by atoms with E-state index in [2.05, 4.69) is 30.5 Å². The van der Waals surface area contributed by atoms with E-state index in [1.807, 2.05) is 20.2 Å². The summed E-state index contributed by atoms with van der Waals surface area (Å²) in [5.74, 6) is 1.12. The molecule has 1 atom stereocenters. The number of aromatic nitrogens is 5. The molecule has 1 aliphatic heterocycles. The van der Waals surface area contributed by atoms with E-state index in [1.54, 1.807) is 22.2 Å². The minimum atomic E-state index is -0.0304. The first kappa shape index (κ1) is 15.4. The molecule has 1 fully saturated rings. The number of thiazole rings is 1. The molecule has 0 bridgehead atoms. The van der Waals surface area contributed by atoms with Crippen LogP contribution in [0.1, 0.15) is 22.6 Å². The van der Waals surface area contributed by atoms with E-state index in [4.69, 9.17) is 9.26 Å². The molecule has 4 heterocycles. The third-order valence-corrected chi connectivity index (χ3v) is 4.89. The van der Waals surface area contributed by atoms with Gasteiger partial charge in [-0.15, -0.1) is 11.3 Å². The summed E-state index contributed by atoms with van der Waals surface area (Å²) < 4.78 is 12.8. The Balaban J connectivity index is 1.55. The first-order chi connectivity index (χ1) is 11.7. The quantitative estimate of drug-likeness (QED) is 0.712. The van der Waals surface area contributed by atoms with Gasteiger partial charge >= 0.3 is 0 Å². The molecule has 0 aromatic carbocycles. The van der Waals surface area contributed by atoms with Crippen LogP contribution in [0.15, 0.2) is 22.3 Å². The Hall–Kier alpha value is -2.10. The van der Waals surface area contributed by atoms with E-state index in [1.165, 1.54) is 0 Å². The van der Waals surface area contributed by atoms with Crippen LogP contribution in [-0.4, -0.2) is 49.6 Å². The molecule has 0 amide bonds. The first-order valence-electron chi connectivity index (χ1n) is 7.74. The van der Waals surface area contributed by atoms with Crippen molar-refractivity contribution >= 4 is 11.3 Å². The first-order valence-corrected chi connectivity index (χ1v) is 8.62. The van der Waals surface area contributed by atoms with Gasteiger partial charge in [-0.3, -0.25) is 9.58 Å². The van der Waals surface area contributed by atoms with Crippen LogP contribution in [0.3, 0.4) is 0 Å². The van der Waals surface area contributed by atoms with E-state index in [0.29, 0.717) is 24.9 Å². The van der Waals surface area contributed by atoms with Gasteiger partial charge in [-0.05, 0) is 6.92 Å². The van der Waals surface area contributed by atoms with Gasteiger partial charge in [0.2, 0.25) is 0 Å². The van der Waals surface area contributed by atoms with Crippen molar-refractivity contribution in [3.8, 4) is 11.5 Å². The second-order valence-corrected chi connectivity index (χ2v) is 6.75. The summed E-state index contributed by atoms with van der Waals surface area (Å²) in [6.07, 6.45) is 3.57. The van der Waals surface area contributed by atoms with Crippen LogP contribution >= 0.6 is 11.3 Å². The summed E-state index contributed by atoms with van der Waals surface area (Å²) in [7, 11) is 1.85. The van der Waals surface area contributed by atoms with E-state index >= 15 is 0 Å². The largest absolute Gasteiger partial charge is 0.378 e. The second kappa shape index (κ2) is 6.42. The van der Waals surface area contributed by atoms with Crippen molar-refractivity contribution in [3.63, 3.8) is 0 Å². The maximum absolute atomic E-state index is 5.63. The topological polar surface area (TPSA) is 82.1 Å². The van der Waals surface area contributed by atoms with Crippen molar-refractivity contribution in [1.29, 1.82) is 0 Å². The van der Waals surface area contributed by atoms with Crippen molar-refractivity contribution < 1.29 is 9.26 Å². The lowest BCUT2D eigenvalue weighted by molar-refractivity contribution is -0.0166. The van der Waals surface area contributed by atoms with Gasteiger partial charge in [-0.2, -0.15) is 10.1 Å². The molecule has 0 N–H and O–H groups in total. The minimum Gasteiger partial charge on any atom is -0.378 e. The number of morpholine rings is 1. The number of hydrogen-bond acceptors (Lipinski definition) is 8. The Morgan fingerprint density at radius 2 is 2.29 bits per heavy atom. The number of ether oxygens (including phenoxy) is 1. The van der Waals surface area contributed by atoms with Crippen LogP contribution in [0, 0.1) is 6.92 Å². The van der Waals surface area contributed by atoms with Crippen LogP contribution in [0.2, 0.25) is 0 Å². The Bertz CT molecular complexity index is 825. The second-order valence-electron chi connectivity index (χ2n) is 5.80. The standard InChI is InChI=1S/C15H18N6O2S/c1-10-9-24-13(17-10)7-21-3-4-22-8-12(21)14-18-15(23-19-14)11-5-16-20(2)6-11/h5-6,9,12H,3-4,7-8H2,1-2H3. The molecule has 126 valence electrons. The summed E-state index contributed by atoms with van der Waals surface area (Å²) in [6.45, 7) is 4.85. The molecule has 9 heteroatoms. The molecular formula is C15H18N6O2S. The molecule has 1 saturated heterocycles. The van der Waals surface area contributed by atoms with Gasteiger partial charge in [-0.25, -0.2) is 4.98 Å². The molecule has 3 aromatic rings. The zero-order valence-corrected chi connectivity index (χ0v) is 14.4. The Morgan fingerprint density at radius 3 is 3.04 bits per heavy atom. The SMILES string of the molecule is Cc1csc(CN2CCOCC2c2noc(-c3cnn(C)c3)n2)n1. The molecule has 0 saturated carbocycles. The molecule has 4 rings (SSSR count). The zero-order valence-electron chi connectivity index (χ0n) is 13.5. The van der Waals surface area contributed by atoms with Gasteiger partial charge in [0.25, 0.3) is 5.89 Å². The lowest BCUT2D eigenvalue weighted by atomic mass is 10.2. The Labute approximate surface area is 143 Å². The molecular weight excluding hydrogens is 328 g/mol. The van der Waals surface area contributed by atoms with E-state index in [0.717, 1.165) is 29.4 Å². The molecule has 0 spiro atoms. The predicted molar refractivity (Wildman–Crippen MR) is 87.3 cm³/mol. The predicted octanol–water partition coefficient (Wildman–Crippen LogP) is 1.81. The van der Waals surface area contributed by atoms with Crippen molar-refractivity contribution in [2.24, 2.45) is 7.05 Å². The van der Waals surface area contributed by atoms with Gasteiger partial charge in [-0.1, -0.05) is 5.16 Å². The van der Waals surface area contributed by atoms with Crippen molar-refractivity contribution in [3.05, 3.63) is 34.3 Å². The van der Waals surface area contributed by atoms with Crippen LogP contribution in [0.4, 0.5) is 0 Å². The molecule has 1 aliphatic rings. The third kappa shape index (κ3) is 3.10. The van der Waals surface area contributed by atoms with Gasteiger partial charge in [0.1, 0.15) is 5.01 Å². The summed E-state index contributed by atoms with van der Waals surface area (Å²) in [4.78, 5) is 11.4. The van der Waals surface area contributed by atoms with Gasteiger partial charge < -0.3 is 9.26 Å². The van der Waals surface area contributed by atoms with Gasteiger partial charge in [0.05, 0.1) is 37.6 Å². The number of rotatable bonds is 4. The summed E-state index contributed by atoms with van der Waals surface area (Å²) in [5, 5.41) is 11.5. The smallest absolute Gasteiger partial charge is 0.261 e. The van der Waals surface area contributed by atoms with Crippen molar-refractivity contribution in [2.75, 3.05) is 19.8 Å². The lowest BCUT2D eigenvalue weighted by Crippen LogP contribution is -2.39. The van der Waals surface area contributed by atoms with Crippen LogP contribution in [0.5, 0.6) is 0 Å². The maximum Gasteiger partial charge on any atom is 0.261 e. The molecule has 1 unspecified atom stereocenters. The molecule has 8 nitrogen and oxygen atoms in total. The van der Waals surface area contributed by atoms with Gasteiger partial charge in [0.15, 0.2) is 5.82 Å². The zero-order chi connectivity index (χ0) is 16.5. The molecule has 3 aromatic heterocycles. The molecule has 0 aliphatic carbocycles. The average Bonchev–Trinajstić information content (AvgIpc) is 3.29. The van der Waals surface area contributed by atoms with Crippen LogP contribution < -0.4 is 0 Å². The number of hydrogen-bond donors (Lipinski definition) is 0. The monoisotopic (exact) mass is 346 g/mol. The molecule has 24 heavy (non-hydrogen) atoms. The average molecular weight is 346 g/mol. The van der Waals surface area contributed by atoms with Crippen molar-refractivity contribution in [2.45, 2.75) is 19.5 Å². The maximum atomic E-state index is 5.63. The van der Waals surface area contributed by atoms with E-state index < -0.39 is 0 Å². The molecule has 0 radical (unpaired) electrons. The fourth-order valence-electron chi connectivity index (χ4n) is 2.73. The number of nitrogens with zero attached hydrogens (tertiary/aromatic N) is 6. The van der Waals surface area contributed by atoms with E-state index in [9.17, 15) is 0 Å². The third-order valence-electron chi connectivity index (χ3n) is 3.94.